The highest BCUT2D eigenvalue weighted by atomic mass is 15.0. The van der Waals surface area contributed by atoms with Gasteiger partial charge in [-0.2, -0.15) is 0 Å². The molecule has 0 spiro atoms. The van der Waals surface area contributed by atoms with Crippen molar-refractivity contribution < 1.29 is 0 Å². The third-order valence-corrected chi connectivity index (χ3v) is 12.3. The van der Waals surface area contributed by atoms with Gasteiger partial charge in [-0.05, 0) is 99.8 Å². The SMILES string of the molecule is c1ccc(-c2nc(-c3ccccc3)nc(-c3ccc(-n4c5cccc6c5c5c7c(cccc7ccc54)-c4cc5c7ccccc7n(-c7ccccc7)c5cc4-6)cc3)n2)cc1. The summed E-state index contributed by atoms with van der Waals surface area (Å²) in [6, 6.07) is 71.5. The Morgan fingerprint density at radius 3 is 1.50 bits per heavy atom. The average Bonchev–Trinajstić information content (AvgIpc) is 3.80. The molecule has 9 aromatic carbocycles. The minimum absolute atomic E-state index is 0.639. The van der Waals surface area contributed by atoms with E-state index < -0.39 is 0 Å². The highest BCUT2D eigenvalue weighted by Gasteiger charge is 2.26. The third kappa shape index (κ3) is 4.77. The maximum Gasteiger partial charge on any atom is 0.164 e. The van der Waals surface area contributed by atoms with Crippen LogP contribution in [0.25, 0.3) is 122 Å². The minimum atomic E-state index is 0.639. The summed E-state index contributed by atoms with van der Waals surface area (Å²) in [6.07, 6.45) is 0. The van der Waals surface area contributed by atoms with Crippen molar-refractivity contribution in [3.05, 3.63) is 200 Å². The van der Waals surface area contributed by atoms with Crippen LogP contribution < -0.4 is 0 Å². The molecule has 12 aromatic rings. The molecule has 0 unspecified atom stereocenters. The lowest BCUT2D eigenvalue weighted by atomic mass is 9.91. The Balaban J connectivity index is 1.03. The van der Waals surface area contributed by atoms with E-state index in [1.54, 1.807) is 0 Å². The third-order valence-electron chi connectivity index (χ3n) is 12.3. The van der Waals surface area contributed by atoms with Crippen molar-refractivity contribution in [1.29, 1.82) is 0 Å². The average molecular weight is 764 g/mol. The summed E-state index contributed by atoms with van der Waals surface area (Å²) in [4.78, 5) is 14.9. The van der Waals surface area contributed by atoms with Crippen LogP contribution in [-0.4, -0.2) is 24.1 Å². The molecule has 0 radical (unpaired) electrons. The van der Waals surface area contributed by atoms with Crippen molar-refractivity contribution in [2.75, 3.05) is 0 Å². The van der Waals surface area contributed by atoms with Gasteiger partial charge >= 0.3 is 0 Å². The maximum absolute atomic E-state index is 5.01. The van der Waals surface area contributed by atoms with E-state index >= 15 is 0 Å². The lowest BCUT2D eigenvalue weighted by Gasteiger charge is -2.15. The first-order valence-electron chi connectivity index (χ1n) is 20.4. The van der Waals surface area contributed by atoms with Gasteiger partial charge in [0.05, 0.1) is 22.1 Å². The molecule has 0 fully saturated rings. The lowest BCUT2D eigenvalue weighted by Crippen LogP contribution is -2.00. The topological polar surface area (TPSA) is 48.5 Å². The quantitative estimate of drug-likeness (QED) is 0.175. The second kappa shape index (κ2) is 12.7. The summed E-state index contributed by atoms with van der Waals surface area (Å²) in [5.41, 5.74) is 14.8. The number of nitrogens with zero attached hydrogens (tertiary/aromatic N) is 5. The fourth-order valence-corrected chi connectivity index (χ4v) is 9.67. The van der Waals surface area contributed by atoms with Crippen molar-refractivity contribution in [1.82, 2.24) is 24.1 Å². The van der Waals surface area contributed by atoms with Gasteiger partial charge in [-0.1, -0.05) is 133 Å². The molecule has 0 bridgehead atoms. The van der Waals surface area contributed by atoms with Gasteiger partial charge < -0.3 is 9.13 Å². The predicted octanol–water partition coefficient (Wildman–Crippen LogP) is 13.9. The van der Waals surface area contributed by atoms with E-state index in [-0.39, 0.29) is 0 Å². The van der Waals surface area contributed by atoms with Gasteiger partial charge in [0.2, 0.25) is 0 Å². The lowest BCUT2D eigenvalue weighted by molar-refractivity contribution is 1.07. The second-order valence-electron chi connectivity index (χ2n) is 15.6. The Morgan fingerprint density at radius 2 is 0.800 bits per heavy atom. The summed E-state index contributed by atoms with van der Waals surface area (Å²) in [5, 5.41) is 7.60. The van der Waals surface area contributed by atoms with Crippen molar-refractivity contribution in [3.8, 4) is 67.8 Å². The molecule has 60 heavy (non-hydrogen) atoms. The molecule has 5 heteroatoms. The van der Waals surface area contributed by atoms with Crippen molar-refractivity contribution >= 4 is 54.4 Å². The molecule has 13 rings (SSSR count). The molecule has 278 valence electrons. The molecule has 0 amide bonds. The summed E-state index contributed by atoms with van der Waals surface area (Å²) in [5.74, 6) is 1.94. The number of aromatic nitrogens is 5. The highest BCUT2D eigenvalue weighted by molar-refractivity contribution is 6.31. The van der Waals surface area contributed by atoms with Crippen LogP contribution in [0.4, 0.5) is 0 Å². The van der Waals surface area contributed by atoms with Gasteiger partial charge in [-0.15, -0.1) is 0 Å². The van der Waals surface area contributed by atoms with Gasteiger partial charge in [0.15, 0.2) is 17.5 Å². The zero-order valence-corrected chi connectivity index (χ0v) is 32.3. The number of hydrogen-bond acceptors (Lipinski definition) is 3. The number of fused-ring (bicyclic) bond motifs is 6. The van der Waals surface area contributed by atoms with Crippen molar-refractivity contribution in [2.24, 2.45) is 0 Å². The van der Waals surface area contributed by atoms with E-state index in [4.69, 9.17) is 15.0 Å². The van der Waals surface area contributed by atoms with E-state index in [0.717, 1.165) is 28.1 Å². The Kier molecular flexibility index (Phi) is 6.95. The van der Waals surface area contributed by atoms with Crippen LogP contribution in [0.5, 0.6) is 0 Å². The zero-order chi connectivity index (χ0) is 39.3. The van der Waals surface area contributed by atoms with Crippen LogP contribution in [0.2, 0.25) is 0 Å². The molecule has 1 aliphatic rings. The first kappa shape index (κ1) is 32.9. The standard InChI is InChI=1S/C55H33N5/c1-4-14-35(15-5-1)53-56-54(36-16-6-2-7-17-36)58-55(57-53)37-26-29-39(30-27-37)60-47-25-13-23-42-44-33-49-45(40-21-10-11-24-46(40)59(49)38-19-8-3-9-20-38)32-43(44)41-22-12-18-34-28-31-48(60)52(50(34)41)51(42)47/h1-33H. The summed E-state index contributed by atoms with van der Waals surface area (Å²) in [7, 11) is 0. The number of hydrogen-bond donors (Lipinski definition) is 0. The van der Waals surface area contributed by atoms with Crippen LogP contribution in [0, 0.1) is 0 Å². The second-order valence-corrected chi connectivity index (χ2v) is 15.6. The van der Waals surface area contributed by atoms with E-state index in [9.17, 15) is 0 Å². The largest absolute Gasteiger partial charge is 0.309 e. The molecule has 0 saturated heterocycles. The van der Waals surface area contributed by atoms with E-state index in [1.807, 2.05) is 60.7 Å². The molecule has 1 aliphatic carbocycles. The molecule has 0 N–H and O–H groups in total. The molecule has 3 aromatic heterocycles. The maximum atomic E-state index is 5.01. The molecule has 0 saturated carbocycles. The van der Waals surface area contributed by atoms with Gasteiger partial charge in [0.25, 0.3) is 0 Å². The van der Waals surface area contributed by atoms with Crippen LogP contribution in [-0.2, 0) is 0 Å². The zero-order valence-electron chi connectivity index (χ0n) is 32.3. The van der Waals surface area contributed by atoms with Gasteiger partial charge in [0.1, 0.15) is 0 Å². The van der Waals surface area contributed by atoms with Crippen molar-refractivity contribution in [2.45, 2.75) is 0 Å². The first-order chi connectivity index (χ1) is 29.8. The smallest absolute Gasteiger partial charge is 0.164 e. The molecule has 3 heterocycles. The van der Waals surface area contributed by atoms with E-state index in [1.165, 1.54) is 76.6 Å². The monoisotopic (exact) mass is 763 g/mol. The summed E-state index contributed by atoms with van der Waals surface area (Å²) in [6.45, 7) is 0. The summed E-state index contributed by atoms with van der Waals surface area (Å²) >= 11 is 0. The molecular weight excluding hydrogens is 731 g/mol. The van der Waals surface area contributed by atoms with Crippen molar-refractivity contribution in [3.63, 3.8) is 0 Å². The summed E-state index contributed by atoms with van der Waals surface area (Å²) < 4.78 is 4.85. The molecular formula is C55H33N5. The highest BCUT2D eigenvalue weighted by Crippen LogP contribution is 2.51. The van der Waals surface area contributed by atoms with Crippen LogP contribution in [0.3, 0.4) is 0 Å². The first-order valence-corrected chi connectivity index (χ1v) is 20.4. The number of benzene rings is 9. The Labute approximate surface area is 345 Å². The van der Waals surface area contributed by atoms with Gasteiger partial charge in [-0.3, -0.25) is 0 Å². The van der Waals surface area contributed by atoms with Crippen LogP contribution >= 0.6 is 0 Å². The molecule has 0 aliphatic heterocycles. The van der Waals surface area contributed by atoms with Gasteiger partial charge in [-0.25, -0.2) is 15.0 Å². The number of rotatable bonds is 5. The van der Waals surface area contributed by atoms with Crippen LogP contribution in [0.15, 0.2) is 200 Å². The van der Waals surface area contributed by atoms with Gasteiger partial charge in [0, 0.05) is 49.6 Å². The van der Waals surface area contributed by atoms with Crippen LogP contribution in [0.1, 0.15) is 0 Å². The fraction of sp³-hybridized carbons (Fsp3) is 0. The predicted molar refractivity (Wildman–Crippen MR) is 247 cm³/mol. The van der Waals surface area contributed by atoms with E-state index in [0.29, 0.717) is 17.5 Å². The Hall–Kier alpha value is -8.15. The number of para-hydroxylation sites is 2. The van der Waals surface area contributed by atoms with E-state index in [2.05, 4.69) is 149 Å². The molecule has 5 nitrogen and oxygen atoms in total. The normalized spacial score (nSPS) is 12.0. The minimum Gasteiger partial charge on any atom is -0.309 e. The molecule has 0 atom stereocenters. The fourth-order valence-electron chi connectivity index (χ4n) is 9.67. The Morgan fingerprint density at radius 1 is 0.283 bits per heavy atom. The Bertz CT molecular complexity index is 3620.